The lowest BCUT2D eigenvalue weighted by Crippen LogP contribution is -2.35. The number of para-hydroxylation sites is 1. The van der Waals surface area contributed by atoms with Gasteiger partial charge >= 0.3 is 0 Å². The summed E-state index contributed by atoms with van der Waals surface area (Å²) in [5.74, 6) is -0.187. The van der Waals surface area contributed by atoms with Crippen molar-refractivity contribution in [2.45, 2.75) is 26.3 Å². The molecule has 36 heavy (non-hydrogen) atoms. The summed E-state index contributed by atoms with van der Waals surface area (Å²) >= 11 is 0. The van der Waals surface area contributed by atoms with Crippen LogP contribution in [-0.2, 0) is 11.3 Å². The maximum Gasteiger partial charge on any atom is 0.128 e. The molecule has 0 spiro atoms. The summed E-state index contributed by atoms with van der Waals surface area (Å²) < 4.78 is 20.6. The topological polar surface area (TPSA) is 41.5 Å². The minimum Gasteiger partial charge on any atom is -0.379 e. The zero-order valence-electron chi connectivity index (χ0n) is 20.7. The first-order valence-corrected chi connectivity index (χ1v) is 12.9. The molecule has 0 amide bonds. The van der Waals surface area contributed by atoms with Crippen molar-refractivity contribution in [1.29, 1.82) is 0 Å². The van der Waals surface area contributed by atoms with Gasteiger partial charge in [0.15, 0.2) is 0 Å². The maximum absolute atomic E-state index is 15.1. The van der Waals surface area contributed by atoms with Gasteiger partial charge in [-0.15, -0.1) is 0 Å². The molecule has 0 unspecified atom stereocenters. The third-order valence-electron chi connectivity index (χ3n) is 7.37. The van der Waals surface area contributed by atoms with Crippen molar-refractivity contribution in [2.75, 3.05) is 44.3 Å². The van der Waals surface area contributed by atoms with E-state index in [-0.39, 0.29) is 5.82 Å². The molecule has 0 radical (unpaired) electrons. The van der Waals surface area contributed by atoms with E-state index in [1.165, 1.54) is 24.1 Å². The monoisotopic (exact) mass is 482 g/mol. The fraction of sp³-hybridized carbons (Fsp3) is 0.333. The molecule has 184 valence electrons. The number of morpholine rings is 1. The van der Waals surface area contributed by atoms with Gasteiger partial charge < -0.3 is 9.64 Å². The maximum atomic E-state index is 15.1. The van der Waals surface area contributed by atoms with E-state index in [0.717, 1.165) is 59.6 Å². The van der Waals surface area contributed by atoms with Gasteiger partial charge in [0.2, 0.25) is 0 Å². The van der Waals surface area contributed by atoms with Gasteiger partial charge in [-0.2, -0.15) is 0 Å². The molecule has 2 aliphatic heterocycles. The van der Waals surface area contributed by atoms with Gasteiger partial charge in [-0.05, 0) is 55.2 Å². The van der Waals surface area contributed by atoms with E-state index in [4.69, 9.17) is 14.7 Å². The summed E-state index contributed by atoms with van der Waals surface area (Å²) in [6.07, 6.45) is 4.35. The zero-order chi connectivity index (χ0) is 24.5. The van der Waals surface area contributed by atoms with Gasteiger partial charge in [0.25, 0.3) is 0 Å². The quantitative estimate of drug-likeness (QED) is 0.357. The number of fused-ring (bicyclic) bond motifs is 1. The fourth-order valence-electron chi connectivity index (χ4n) is 5.38. The summed E-state index contributed by atoms with van der Waals surface area (Å²) in [4.78, 5) is 14.4. The van der Waals surface area contributed by atoms with Crippen LogP contribution in [0, 0.1) is 12.7 Å². The second-order valence-corrected chi connectivity index (χ2v) is 9.82. The first-order valence-electron chi connectivity index (χ1n) is 12.9. The molecule has 0 aliphatic carbocycles. The Labute approximate surface area is 211 Å². The van der Waals surface area contributed by atoms with E-state index in [2.05, 4.69) is 34.9 Å². The summed E-state index contributed by atoms with van der Waals surface area (Å²) in [6, 6.07) is 18.0. The van der Waals surface area contributed by atoms with E-state index >= 15 is 4.39 Å². The molecule has 0 atom stereocenters. The van der Waals surface area contributed by atoms with E-state index in [1.807, 2.05) is 36.5 Å². The lowest BCUT2D eigenvalue weighted by Gasteiger charge is -2.26. The van der Waals surface area contributed by atoms with Gasteiger partial charge in [-0.1, -0.05) is 30.3 Å². The van der Waals surface area contributed by atoms with Crippen molar-refractivity contribution in [3.63, 3.8) is 0 Å². The minimum atomic E-state index is -0.187. The van der Waals surface area contributed by atoms with E-state index in [1.54, 1.807) is 6.07 Å². The van der Waals surface area contributed by atoms with Crippen LogP contribution >= 0.6 is 0 Å². The van der Waals surface area contributed by atoms with Crippen LogP contribution in [0.2, 0.25) is 0 Å². The van der Waals surface area contributed by atoms with Crippen LogP contribution in [0.4, 0.5) is 10.1 Å². The van der Waals surface area contributed by atoms with E-state index < -0.39 is 0 Å². The molecule has 6 heteroatoms. The molecule has 2 saturated heterocycles. The van der Waals surface area contributed by atoms with Gasteiger partial charge in [0.05, 0.1) is 36.1 Å². The van der Waals surface area contributed by atoms with Crippen molar-refractivity contribution in [3.8, 4) is 22.4 Å². The van der Waals surface area contributed by atoms with Crippen LogP contribution in [0.5, 0.6) is 0 Å². The molecule has 4 aromatic rings. The molecule has 0 bridgehead atoms. The highest BCUT2D eigenvalue weighted by Crippen LogP contribution is 2.32. The summed E-state index contributed by atoms with van der Waals surface area (Å²) in [7, 11) is 0. The Kier molecular flexibility index (Phi) is 6.38. The number of aryl methyl sites for hydroxylation is 1. The molecule has 5 nitrogen and oxygen atoms in total. The number of benzene rings is 3. The highest BCUT2D eigenvalue weighted by Gasteiger charge is 2.17. The van der Waals surface area contributed by atoms with Crippen LogP contribution < -0.4 is 4.90 Å². The SMILES string of the molecule is Cc1cc(-c2cnc3cccc(-c4ccc(CN5CCOCC5)c(F)c4)c3n2)ccc1N1CCCC1. The average Bonchev–Trinajstić information content (AvgIpc) is 3.44. The van der Waals surface area contributed by atoms with Crippen molar-refractivity contribution >= 4 is 16.7 Å². The van der Waals surface area contributed by atoms with Crippen molar-refractivity contribution in [1.82, 2.24) is 14.9 Å². The largest absolute Gasteiger partial charge is 0.379 e. The van der Waals surface area contributed by atoms with Crippen LogP contribution in [-0.4, -0.2) is 54.3 Å². The van der Waals surface area contributed by atoms with Gasteiger partial charge in [0.1, 0.15) is 5.82 Å². The molecular formula is C30H31FN4O. The van der Waals surface area contributed by atoms with Crippen LogP contribution in [0.1, 0.15) is 24.0 Å². The van der Waals surface area contributed by atoms with Gasteiger partial charge in [-0.25, -0.2) is 9.37 Å². The van der Waals surface area contributed by atoms with Crippen molar-refractivity contribution in [2.24, 2.45) is 0 Å². The number of hydrogen-bond donors (Lipinski definition) is 0. The highest BCUT2D eigenvalue weighted by atomic mass is 19.1. The Morgan fingerprint density at radius 2 is 1.72 bits per heavy atom. The molecule has 1 aromatic heterocycles. The molecule has 0 N–H and O–H groups in total. The minimum absolute atomic E-state index is 0.187. The number of nitrogens with zero attached hydrogens (tertiary/aromatic N) is 4. The third-order valence-corrected chi connectivity index (χ3v) is 7.37. The lowest BCUT2D eigenvalue weighted by molar-refractivity contribution is 0.0337. The molecular weight excluding hydrogens is 451 g/mol. The molecule has 2 aliphatic rings. The second kappa shape index (κ2) is 9.96. The number of ether oxygens (including phenoxy) is 1. The molecule has 0 saturated carbocycles. The molecule has 3 heterocycles. The predicted molar refractivity (Wildman–Crippen MR) is 143 cm³/mol. The zero-order valence-corrected chi connectivity index (χ0v) is 20.7. The van der Waals surface area contributed by atoms with Crippen molar-refractivity contribution in [3.05, 3.63) is 77.7 Å². The first kappa shape index (κ1) is 23.1. The number of hydrogen-bond acceptors (Lipinski definition) is 5. The smallest absolute Gasteiger partial charge is 0.128 e. The standard InChI is InChI=1S/C30H31FN4O/c1-21-17-23(9-10-29(21)35-11-2-3-12-35)28-19-32-27-6-4-5-25(30(27)33-28)22-7-8-24(26(31)18-22)20-34-13-15-36-16-14-34/h4-10,17-19H,2-3,11-16,20H2,1H3. The molecule has 2 fully saturated rings. The number of aromatic nitrogens is 2. The molecule has 3 aromatic carbocycles. The van der Waals surface area contributed by atoms with Crippen molar-refractivity contribution < 1.29 is 9.13 Å². The number of rotatable bonds is 5. The number of halogens is 1. The van der Waals surface area contributed by atoms with Crippen LogP contribution in [0.3, 0.4) is 0 Å². The third kappa shape index (κ3) is 4.59. The Hall–Kier alpha value is -3.35. The van der Waals surface area contributed by atoms with Crippen LogP contribution in [0.25, 0.3) is 33.4 Å². The van der Waals surface area contributed by atoms with Crippen LogP contribution in [0.15, 0.2) is 60.8 Å². The second-order valence-electron chi connectivity index (χ2n) is 9.82. The fourth-order valence-corrected chi connectivity index (χ4v) is 5.38. The number of anilines is 1. The average molecular weight is 483 g/mol. The Morgan fingerprint density at radius 3 is 2.50 bits per heavy atom. The Morgan fingerprint density at radius 1 is 0.917 bits per heavy atom. The molecule has 6 rings (SSSR count). The van der Waals surface area contributed by atoms with E-state index in [9.17, 15) is 0 Å². The van der Waals surface area contributed by atoms with Gasteiger partial charge in [0, 0.05) is 55.1 Å². The Bertz CT molecular complexity index is 1390. The Balaban J connectivity index is 1.32. The predicted octanol–water partition coefficient (Wildman–Crippen LogP) is 5.84. The highest BCUT2D eigenvalue weighted by molar-refractivity contribution is 5.92. The first-order chi connectivity index (χ1) is 17.7. The van der Waals surface area contributed by atoms with Gasteiger partial charge in [-0.3, -0.25) is 9.88 Å². The lowest BCUT2D eigenvalue weighted by atomic mass is 10.0. The normalized spacial score (nSPS) is 16.7. The summed E-state index contributed by atoms with van der Waals surface area (Å²) in [6.45, 7) is 8.10. The summed E-state index contributed by atoms with van der Waals surface area (Å²) in [5, 5.41) is 0. The summed E-state index contributed by atoms with van der Waals surface area (Å²) in [5.41, 5.74) is 8.44. The van der Waals surface area contributed by atoms with E-state index in [0.29, 0.717) is 25.3 Å².